The number of aryl methyl sites for hydroxylation is 2. The van der Waals surface area contributed by atoms with Crippen LogP contribution in [-0.2, 0) is 19.4 Å². The van der Waals surface area contributed by atoms with Gasteiger partial charge in [0.05, 0.1) is 23.9 Å². The van der Waals surface area contributed by atoms with Gasteiger partial charge >= 0.3 is 0 Å². The second-order valence-electron chi connectivity index (χ2n) is 9.37. The second kappa shape index (κ2) is 11.6. The standard InChI is InChI=1S/C32H31N3O2/c1-4-5-13-31-30(19-24-14-16-26(17-15-24)29-12-7-6-10-28(29)20-33)32(37)35(23(3)34-31)21-25-9-8-11-27(18-25)22(2)36/h6-12,14-18H,4-5,13,19,21H2,1-3H3. The Bertz CT molecular complexity index is 1530. The number of Topliss-reactive ketones (excluding diaryl/α,β-unsaturated/α-hetero) is 1. The fraction of sp³-hybridized carbons (Fsp3) is 0.250. The van der Waals surface area contributed by atoms with Crippen molar-refractivity contribution in [2.45, 2.75) is 53.0 Å². The zero-order chi connectivity index (χ0) is 26.4. The summed E-state index contributed by atoms with van der Waals surface area (Å²) in [5.74, 6) is 0.678. The fourth-order valence-electron chi connectivity index (χ4n) is 4.58. The van der Waals surface area contributed by atoms with Crippen LogP contribution in [0.2, 0.25) is 0 Å². The van der Waals surface area contributed by atoms with Gasteiger partial charge in [0.2, 0.25) is 0 Å². The van der Waals surface area contributed by atoms with Gasteiger partial charge < -0.3 is 0 Å². The van der Waals surface area contributed by atoms with Crippen molar-refractivity contribution in [2.75, 3.05) is 0 Å². The number of ketones is 1. The van der Waals surface area contributed by atoms with Crippen molar-refractivity contribution in [3.63, 3.8) is 0 Å². The molecule has 1 heterocycles. The van der Waals surface area contributed by atoms with E-state index in [0.29, 0.717) is 35.5 Å². The number of nitriles is 1. The molecule has 37 heavy (non-hydrogen) atoms. The normalized spacial score (nSPS) is 10.8. The molecule has 0 saturated heterocycles. The van der Waals surface area contributed by atoms with Crippen molar-refractivity contribution in [1.82, 2.24) is 9.55 Å². The van der Waals surface area contributed by atoms with Crippen molar-refractivity contribution in [3.05, 3.63) is 122 Å². The third kappa shape index (κ3) is 5.92. The van der Waals surface area contributed by atoms with E-state index < -0.39 is 0 Å². The lowest BCUT2D eigenvalue weighted by Crippen LogP contribution is -2.30. The number of hydrogen-bond acceptors (Lipinski definition) is 4. The van der Waals surface area contributed by atoms with E-state index in [1.807, 2.05) is 73.7 Å². The molecular formula is C32H31N3O2. The van der Waals surface area contributed by atoms with E-state index in [4.69, 9.17) is 4.98 Å². The molecule has 0 spiro atoms. The second-order valence-corrected chi connectivity index (χ2v) is 9.37. The van der Waals surface area contributed by atoms with Crippen molar-refractivity contribution in [3.8, 4) is 17.2 Å². The van der Waals surface area contributed by atoms with Gasteiger partial charge in [-0.15, -0.1) is 0 Å². The molecule has 4 rings (SSSR count). The molecule has 0 fully saturated rings. The first-order chi connectivity index (χ1) is 17.9. The molecular weight excluding hydrogens is 458 g/mol. The Balaban J connectivity index is 1.70. The Kier molecular flexibility index (Phi) is 8.10. The van der Waals surface area contributed by atoms with Crippen LogP contribution < -0.4 is 5.56 Å². The summed E-state index contributed by atoms with van der Waals surface area (Å²) >= 11 is 0. The van der Waals surface area contributed by atoms with Crippen LogP contribution in [-0.4, -0.2) is 15.3 Å². The summed E-state index contributed by atoms with van der Waals surface area (Å²) in [5, 5.41) is 9.45. The van der Waals surface area contributed by atoms with E-state index in [9.17, 15) is 14.9 Å². The molecule has 0 atom stereocenters. The third-order valence-corrected chi connectivity index (χ3v) is 6.67. The van der Waals surface area contributed by atoms with Gasteiger partial charge in [0.25, 0.3) is 5.56 Å². The number of aromatic nitrogens is 2. The van der Waals surface area contributed by atoms with Crippen molar-refractivity contribution >= 4 is 5.78 Å². The molecule has 0 aliphatic carbocycles. The first kappa shape index (κ1) is 25.8. The van der Waals surface area contributed by atoms with Crippen LogP contribution in [0.15, 0.2) is 77.6 Å². The Labute approximate surface area is 218 Å². The number of nitrogens with zero attached hydrogens (tertiary/aromatic N) is 3. The zero-order valence-electron chi connectivity index (χ0n) is 21.6. The SMILES string of the molecule is CCCCc1nc(C)n(Cc2cccc(C(C)=O)c2)c(=O)c1Cc1ccc(-c2ccccc2C#N)cc1. The average molecular weight is 490 g/mol. The molecule has 0 unspecified atom stereocenters. The maximum Gasteiger partial charge on any atom is 0.257 e. The van der Waals surface area contributed by atoms with Crippen molar-refractivity contribution < 1.29 is 4.79 Å². The first-order valence-electron chi connectivity index (χ1n) is 12.7. The number of rotatable bonds is 9. The van der Waals surface area contributed by atoms with E-state index >= 15 is 0 Å². The molecule has 5 heteroatoms. The molecule has 186 valence electrons. The quantitative estimate of drug-likeness (QED) is 0.260. The van der Waals surface area contributed by atoms with Gasteiger partial charge in [0, 0.05) is 17.5 Å². The van der Waals surface area contributed by atoms with Crippen LogP contribution in [0.4, 0.5) is 0 Å². The Morgan fingerprint density at radius 3 is 2.46 bits per heavy atom. The molecule has 3 aromatic carbocycles. The van der Waals surface area contributed by atoms with Gasteiger partial charge in [-0.05, 0) is 61.1 Å². The highest BCUT2D eigenvalue weighted by Gasteiger charge is 2.16. The zero-order valence-corrected chi connectivity index (χ0v) is 21.6. The van der Waals surface area contributed by atoms with Gasteiger partial charge in [0.1, 0.15) is 5.82 Å². The van der Waals surface area contributed by atoms with Crippen LogP contribution in [0.3, 0.4) is 0 Å². The van der Waals surface area contributed by atoms with Crippen LogP contribution >= 0.6 is 0 Å². The first-order valence-corrected chi connectivity index (χ1v) is 12.7. The van der Waals surface area contributed by atoms with Crippen molar-refractivity contribution in [2.24, 2.45) is 0 Å². The maximum absolute atomic E-state index is 13.8. The lowest BCUT2D eigenvalue weighted by molar-refractivity contribution is 0.101. The van der Waals surface area contributed by atoms with E-state index in [2.05, 4.69) is 13.0 Å². The van der Waals surface area contributed by atoms with Gasteiger partial charge in [0.15, 0.2) is 5.78 Å². The molecule has 0 amide bonds. The number of hydrogen-bond donors (Lipinski definition) is 0. The highest BCUT2D eigenvalue weighted by molar-refractivity contribution is 5.94. The summed E-state index contributed by atoms with van der Waals surface area (Å²) in [4.78, 5) is 30.5. The molecule has 5 nitrogen and oxygen atoms in total. The van der Waals surface area contributed by atoms with E-state index in [1.165, 1.54) is 0 Å². The van der Waals surface area contributed by atoms with E-state index in [1.54, 1.807) is 17.6 Å². The summed E-state index contributed by atoms with van der Waals surface area (Å²) in [6.07, 6.45) is 3.23. The Morgan fingerprint density at radius 2 is 1.76 bits per heavy atom. The summed E-state index contributed by atoms with van der Waals surface area (Å²) in [6.45, 7) is 5.91. The maximum atomic E-state index is 13.8. The van der Waals surface area contributed by atoms with Crippen LogP contribution in [0.25, 0.3) is 11.1 Å². The highest BCUT2D eigenvalue weighted by atomic mass is 16.1. The smallest absolute Gasteiger partial charge is 0.257 e. The Morgan fingerprint density at radius 1 is 1.00 bits per heavy atom. The lowest BCUT2D eigenvalue weighted by atomic mass is 9.96. The summed E-state index contributed by atoms with van der Waals surface area (Å²) < 4.78 is 1.71. The predicted octanol–water partition coefficient (Wildman–Crippen LogP) is 6.27. The third-order valence-electron chi connectivity index (χ3n) is 6.67. The average Bonchev–Trinajstić information content (AvgIpc) is 2.92. The molecule has 0 saturated carbocycles. The van der Waals surface area contributed by atoms with Crippen LogP contribution in [0, 0.1) is 18.3 Å². The molecule has 0 bridgehead atoms. The number of carbonyl (C=O) groups excluding carboxylic acids is 1. The van der Waals surface area contributed by atoms with Crippen LogP contribution in [0.5, 0.6) is 0 Å². The molecule has 0 N–H and O–H groups in total. The minimum absolute atomic E-state index is 0.000451. The minimum Gasteiger partial charge on any atom is -0.295 e. The monoisotopic (exact) mass is 489 g/mol. The topological polar surface area (TPSA) is 75.8 Å². The molecule has 1 aromatic heterocycles. The summed E-state index contributed by atoms with van der Waals surface area (Å²) in [5.41, 5.74) is 6.58. The molecule has 4 aromatic rings. The largest absolute Gasteiger partial charge is 0.295 e. The number of carbonyl (C=O) groups is 1. The highest BCUT2D eigenvalue weighted by Crippen LogP contribution is 2.24. The predicted molar refractivity (Wildman–Crippen MR) is 147 cm³/mol. The van der Waals surface area contributed by atoms with Crippen molar-refractivity contribution in [1.29, 1.82) is 5.26 Å². The number of benzene rings is 3. The molecule has 0 radical (unpaired) electrons. The Hall–Kier alpha value is -4.30. The van der Waals surface area contributed by atoms with Gasteiger partial charge in [-0.1, -0.05) is 74.0 Å². The van der Waals surface area contributed by atoms with E-state index in [0.717, 1.165) is 47.2 Å². The number of unbranched alkanes of at least 4 members (excludes halogenated alkanes) is 1. The molecule has 0 aliphatic rings. The van der Waals surface area contributed by atoms with E-state index in [-0.39, 0.29) is 11.3 Å². The lowest BCUT2D eigenvalue weighted by Gasteiger charge is -2.16. The van der Waals surface area contributed by atoms with Gasteiger partial charge in [-0.25, -0.2) is 4.98 Å². The fourth-order valence-corrected chi connectivity index (χ4v) is 4.58. The van der Waals surface area contributed by atoms with Gasteiger partial charge in [-0.2, -0.15) is 5.26 Å². The minimum atomic E-state index is -0.0364. The summed E-state index contributed by atoms with van der Waals surface area (Å²) in [6, 6.07) is 25.3. The molecule has 0 aliphatic heterocycles. The summed E-state index contributed by atoms with van der Waals surface area (Å²) in [7, 11) is 0. The van der Waals surface area contributed by atoms with Crippen LogP contribution in [0.1, 0.15) is 70.8 Å². The van der Waals surface area contributed by atoms with Gasteiger partial charge in [-0.3, -0.25) is 14.2 Å².